The van der Waals surface area contributed by atoms with E-state index in [-0.39, 0.29) is 6.04 Å². The number of halogens is 2. The summed E-state index contributed by atoms with van der Waals surface area (Å²) in [5, 5.41) is 3.09. The van der Waals surface area contributed by atoms with Crippen LogP contribution in [0.5, 0.6) is 11.5 Å². The Kier molecular flexibility index (Phi) is 5.15. The van der Waals surface area contributed by atoms with Gasteiger partial charge in [0.2, 0.25) is 0 Å². The maximum atomic E-state index is 12.0. The molecule has 0 aliphatic rings. The van der Waals surface area contributed by atoms with Gasteiger partial charge in [0.1, 0.15) is 6.61 Å². The van der Waals surface area contributed by atoms with Crippen LogP contribution in [0.4, 0.5) is 8.78 Å². The van der Waals surface area contributed by atoms with Crippen LogP contribution in [0.15, 0.2) is 18.2 Å². The van der Waals surface area contributed by atoms with Gasteiger partial charge in [-0.1, -0.05) is 6.07 Å². The molecule has 0 radical (unpaired) electrons. The Balaban J connectivity index is 2.85. The monoisotopic (exact) mass is 245 g/mol. The molecule has 0 heterocycles. The second kappa shape index (κ2) is 6.39. The second-order valence-electron chi connectivity index (χ2n) is 3.62. The van der Waals surface area contributed by atoms with Gasteiger partial charge in [-0.05, 0) is 31.7 Å². The van der Waals surface area contributed by atoms with Crippen molar-refractivity contribution in [3.63, 3.8) is 0 Å². The number of hydrogen-bond acceptors (Lipinski definition) is 3. The van der Waals surface area contributed by atoms with Crippen molar-refractivity contribution in [3.05, 3.63) is 23.8 Å². The van der Waals surface area contributed by atoms with Crippen LogP contribution < -0.4 is 14.8 Å². The van der Waals surface area contributed by atoms with Gasteiger partial charge in [0.25, 0.3) is 6.43 Å². The first kappa shape index (κ1) is 13.7. The van der Waals surface area contributed by atoms with Crippen molar-refractivity contribution < 1.29 is 18.3 Å². The fourth-order valence-electron chi connectivity index (χ4n) is 1.39. The highest BCUT2D eigenvalue weighted by Gasteiger charge is 2.11. The smallest absolute Gasteiger partial charge is 0.272 e. The molecule has 0 saturated heterocycles. The Hall–Kier alpha value is -1.36. The van der Waals surface area contributed by atoms with Gasteiger partial charge in [0.05, 0.1) is 7.11 Å². The van der Waals surface area contributed by atoms with E-state index in [4.69, 9.17) is 9.47 Å². The van der Waals surface area contributed by atoms with E-state index in [1.165, 1.54) is 7.11 Å². The molecule has 1 unspecified atom stereocenters. The summed E-state index contributed by atoms with van der Waals surface area (Å²) in [5.74, 6) is 0.796. The minimum atomic E-state index is -2.49. The lowest BCUT2D eigenvalue weighted by atomic mass is 10.1. The molecule has 1 aromatic rings. The first-order valence-corrected chi connectivity index (χ1v) is 5.34. The molecule has 0 bridgehead atoms. The minimum Gasteiger partial charge on any atom is -0.493 e. The number of rotatable bonds is 6. The Labute approximate surface area is 99.7 Å². The molecule has 0 aliphatic heterocycles. The molecule has 96 valence electrons. The molecule has 0 aromatic heterocycles. The Morgan fingerprint density at radius 2 is 2.00 bits per heavy atom. The molecule has 1 atom stereocenters. The summed E-state index contributed by atoms with van der Waals surface area (Å²) in [4.78, 5) is 0. The van der Waals surface area contributed by atoms with Crippen LogP contribution in [0.1, 0.15) is 18.5 Å². The zero-order valence-electron chi connectivity index (χ0n) is 10.2. The van der Waals surface area contributed by atoms with Crippen molar-refractivity contribution >= 4 is 0 Å². The first-order valence-electron chi connectivity index (χ1n) is 5.34. The predicted molar refractivity (Wildman–Crippen MR) is 62.0 cm³/mol. The highest BCUT2D eigenvalue weighted by Crippen LogP contribution is 2.30. The summed E-state index contributed by atoms with van der Waals surface area (Å²) in [6.07, 6.45) is -2.49. The fraction of sp³-hybridized carbons (Fsp3) is 0.500. The zero-order chi connectivity index (χ0) is 12.8. The third-order valence-electron chi connectivity index (χ3n) is 2.49. The molecule has 1 rings (SSSR count). The SMILES string of the molecule is CNC(C)c1ccc(OCC(F)F)c(OC)c1. The number of ether oxygens (including phenoxy) is 2. The Morgan fingerprint density at radius 1 is 1.29 bits per heavy atom. The van der Waals surface area contributed by atoms with Crippen LogP contribution in [0.25, 0.3) is 0 Å². The van der Waals surface area contributed by atoms with Crippen molar-refractivity contribution in [2.45, 2.75) is 19.4 Å². The summed E-state index contributed by atoms with van der Waals surface area (Å²) in [6.45, 7) is 1.37. The lowest BCUT2D eigenvalue weighted by Gasteiger charge is -2.15. The number of methoxy groups -OCH3 is 1. The van der Waals surface area contributed by atoms with Crippen LogP contribution in [0.2, 0.25) is 0 Å². The van der Waals surface area contributed by atoms with Gasteiger partial charge in [0.15, 0.2) is 11.5 Å². The molecule has 0 fully saturated rings. The summed E-state index contributed by atoms with van der Waals surface area (Å²) >= 11 is 0. The molecule has 0 amide bonds. The average Bonchev–Trinajstić information content (AvgIpc) is 2.34. The van der Waals surface area contributed by atoms with Crippen LogP contribution in [-0.2, 0) is 0 Å². The number of nitrogens with one attached hydrogen (secondary N) is 1. The van der Waals surface area contributed by atoms with E-state index in [9.17, 15) is 8.78 Å². The minimum absolute atomic E-state index is 0.160. The van der Waals surface area contributed by atoms with Crippen molar-refractivity contribution in [3.8, 4) is 11.5 Å². The maximum Gasteiger partial charge on any atom is 0.272 e. The molecule has 17 heavy (non-hydrogen) atoms. The van der Waals surface area contributed by atoms with Crippen LogP contribution in [-0.4, -0.2) is 27.2 Å². The van der Waals surface area contributed by atoms with E-state index in [1.54, 1.807) is 12.1 Å². The molecule has 1 N–H and O–H groups in total. The van der Waals surface area contributed by atoms with E-state index in [1.807, 2.05) is 20.0 Å². The highest BCUT2D eigenvalue weighted by atomic mass is 19.3. The lowest BCUT2D eigenvalue weighted by molar-refractivity contribution is 0.0804. The average molecular weight is 245 g/mol. The van der Waals surface area contributed by atoms with Gasteiger partial charge >= 0.3 is 0 Å². The lowest BCUT2D eigenvalue weighted by Crippen LogP contribution is -2.13. The van der Waals surface area contributed by atoms with Crippen molar-refractivity contribution in [2.24, 2.45) is 0 Å². The molecule has 3 nitrogen and oxygen atoms in total. The van der Waals surface area contributed by atoms with Gasteiger partial charge in [-0.15, -0.1) is 0 Å². The fourth-order valence-corrected chi connectivity index (χ4v) is 1.39. The zero-order valence-corrected chi connectivity index (χ0v) is 10.2. The second-order valence-corrected chi connectivity index (χ2v) is 3.62. The standard InChI is InChI=1S/C12H17F2NO2/c1-8(15-2)9-4-5-10(11(6-9)16-3)17-7-12(13)14/h4-6,8,12,15H,7H2,1-3H3. The number of benzene rings is 1. The van der Waals surface area contributed by atoms with E-state index < -0.39 is 13.0 Å². The van der Waals surface area contributed by atoms with Crippen molar-refractivity contribution in [2.75, 3.05) is 20.8 Å². The molecular weight excluding hydrogens is 228 g/mol. The van der Waals surface area contributed by atoms with Crippen LogP contribution in [0, 0.1) is 0 Å². The number of hydrogen-bond donors (Lipinski definition) is 1. The Morgan fingerprint density at radius 3 is 2.53 bits per heavy atom. The molecular formula is C12H17F2NO2. The predicted octanol–water partition coefficient (Wildman–Crippen LogP) is 2.62. The third-order valence-corrected chi connectivity index (χ3v) is 2.49. The van der Waals surface area contributed by atoms with Crippen molar-refractivity contribution in [1.29, 1.82) is 0 Å². The largest absolute Gasteiger partial charge is 0.493 e. The normalized spacial score (nSPS) is 12.6. The molecule has 0 aliphatic carbocycles. The molecule has 0 saturated carbocycles. The van der Waals surface area contributed by atoms with E-state index in [0.717, 1.165) is 5.56 Å². The molecule has 5 heteroatoms. The molecule has 0 spiro atoms. The van der Waals surface area contributed by atoms with E-state index >= 15 is 0 Å². The van der Waals surface area contributed by atoms with Gasteiger partial charge < -0.3 is 14.8 Å². The summed E-state index contributed by atoms with van der Waals surface area (Å²) in [7, 11) is 3.33. The van der Waals surface area contributed by atoms with Gasteiger partial charge in [-0.3, -0.25) is 0 Å². The summed E-state index contributed by atoms with van der Waals surface area (Å²) in [5.41, 5.74) is 1.01. The van der Waals surface area contributed by atoms with Gasteiger partial charge in [-0.25, -0.2) is 8.78 Å². The maximum absolute atomic E-state index is 12.0. The highest BCUT2D eigenvalue weighted by molar-refractivity contribution is 5.43. The topological polar surface area (TPSA) is 30.5 Å². The quantitative estimate of drug-likeness (QED) is 0.835. The van der Waals surface area contributed by atoms with Gasteiger partial charge in [-0.2, -0.15) is 0 Å². The number of alkyl halides is 2. The van der Waals surface area contributed by atoms with E-state index in [2.05, 4.69) is 5.32 Å². The van der Waals surface area contributed by atoms with Crippen LogP contribution in [0.3, 0.4) is 0 Å². The summed E-state index contributed by atoms with van der Waals surface area (Å²) in [6, 6.07) is 5.41. The first-order chi connectivity index (χ1) is 8.08. The molecule has 1 aromatic carbocycles. The Bertz CT molecular complexity index is 358. The summed E-state index contributed by atoms with van der Waals surface area (Å²) < 4.78 is 34.2. The van der Waals surface area contributed by atoms with Gasteiger partial charge in [0, 0.05) is 6.04 Å². The third kappa shape index (κ3) is 3.85. The van der Waals surface area contributed by atoms with Crippen molar-refractivity contribution in [1.82, 2.24) is 5.32 Å². The van der Waals surface area contributed by atoms with Crippen LogP contribution >= 0.6 is 0 Å². The van der Waals surface area contributed by atoms with E-state index in [0.29, 0.717) is 11.5 Å².